The lowest BCUT2D eigenvalue weighted by atomic mass is 10.0. The third-order valence-corrected chi connectivity index (χ3v) is 5.44. The van der Waals surface area contributed by atoms with Crippen molar-refractivity contribution >= 4 is 29.9 Å². The molecule has 2 aliphatic rings. The molecule has 9 unspecified atom stereocenters. The van der Waals surface area contributed by atoms with Crippen LogP contribution in [-0.4, -0.2) is 134 Å². The summed E-state index contributed by atoms with van der Waals surface area (Å²) in [4.78, 5) is 59.4. The maximum Gasteiger partial charge on any atom is 0.404 e. The molecule has 9 atom stereocenters. The Morgan fingerprint density at radius 3 is 2.40 bits per heavy atom. The number of amides is 5. The van der Waals surface area contributed by atoms with Crippen molar-refractivity contribution in [1.29, 1.82) is 0 Å². The zero-order valence-electron chi connectivity index (χ0n) is 18.0. The van der Waals surface area contributed by atoms with Gasteiger partial charge in [-0.1, -0.05) is 0 Å². The summed E-state index contributed by atoms with van der Waals surface area (Å²) in [6, 6.07) is -5.06. The van der Waals surface area contributed by atoms with Gasteiger partial charge in [0.05, 0.1) is 12.5 Å². The molecule has 18 nitrogen and oxygen atoms in total. The number of hydrogen-bond donors (Lipinski definition) is 10. The van der Waals surface area contributed by atoms with Crippen LogP contribution in [0.3, 0.4) is 0 Å². The van der Waals surface area contributed by atoms with Crippen molar-refractivity contribution in [3.05, 3.63) is 0 Å². The van der Waals surface area contributed by atoms with E-state index in [2.05, 4.69) is 4.74 Å². The highest BCUT2D eigenvalue weighted by molar-refractivity contribution is 5.98. The van der Waals surface area contributed by atoms with Crippen LogP contribution in [0.15, 0.2) is 0 Å². The number of aliphatic hydroxyl groups is 5. The molecule has 35 heavy (non-hydrogen) atoms. The molecule has 0 aromatic heterocycles. The standard InChI is InChI=1S/C17H27N5O13/c18-6(8(25)5(24)3-34-16(19)32)13(29)20-7(15(30)31)11-9(26)10(27)14(35-11)22-1-4(2-23)12(28)21-17(22)33/h4-11,14,23-27H,1-3,18H2,(H2,19,32)(H,20,29)(H,30,31)(H,21,28,33). The third-order valence-electron chi connectivity index (χ3n) is 5.44. The van der Waals surface area contributed by atoms with Gasteiger partial charge >= 0.3 is 18.1 Å². The van der Waals surface area contributed by atoms with Crippen LogP contribution in [0.4, 0.5) is 9.59 Å². The number of imide groups is 1. The van der Waals surface area contributed by atoms with Gasteiger partial charge in [-0.05, 0) is 0 Å². The lowest BCUT2D eigenvalue weighted by Gasteiger charge is -2.36. The highest BCUT2D eigenvalue weighted by Gasteiger charge is 2.53. The number of nitrogens with zero attached hydrogens (tertiary/aromatic N) is 1. The molecular weight excluding hydrogens is 482 g/mol. The molecular formula is C17H27N5O13. The van der Waals surface area contributed by atoms with Crippen molar-refractivity contribution in [2.24, 2.45) is 17.4 Å². The summed E-state index contributed by atoms with van der Waals surface area (Å²) in [6.45, 7) is -1.91. The van der Waals surface area contributed by atoms with E-state index in [4.69, 9.17) is 16.2 Å². The number of urea groups is 1. The summed E-state index contributed by atoms with van der Waals surface area (Å²) >= 11 is 0. The molecule has 0 spiro atoms. The summed E-state index contributed by atoms with van der Waals surface area (Å²) in [6.07, 6.45) is -12.5. The van der Waals surface area contributed by atoms with Crippen LogP contribution < -0.4 is 22.1 Å². The van der Waals surface area contributed by atoms with Crippen LogP contribution in [0.2, 0.25) is 0 Å². The Labute approximate surface area is 196 Å². The van der Waals surface area contributed by atoms with E-state index in [1.165, 1.54) is 0 Å². The number of ether oxygens (including phenoxy) is 2. The first kappa shape index (κ1) is 28.1. The van der Waals surface area contributed by atoms with Crippen LogP contribution in [-0.2, 0) is 23.9 Å². The van der Waals surface area contributed by atoms with Gasteiger partial charge in [0.15, 0.2) is 12.3 Å². The van der Waals surface area contributed by atoms with Gasteiger partial charge in [0.1, 0.15) is 43.2 Å². The van der Waals surface area contributed by atoms with E-state index in [9.17, 15) is 54.6 Å². The first-order valence-electron chi connectivity index (χ1n) is 10.1. The highest BCUT2D eigenvalue weighted by Crippen LogP contribution is 2.28. The molecule has 198 valence electrons. The summed E-state index contributed by atoms with van der Waals surface area (Å²) < 4.78 is 9.63. The number of hydrogen-bond acceptors (Lipinski definition) is 13. The molecule has 0 aliphatic carbocycles. The number of carboxylic acid groups (broad SMARTS) is 1. The molecule has 5 amide bonds. The summed E-state index contributed by atoms with van der Waals surface area (Å²) in [7, 11) is 0. The molecule has 18 heteroatoms. The number of rotatable bonds is 10. The zero-order chi connectivity index (χ0) is 26.6. The van der Waals surface area contributed by atoms with Crippen molar-refractivity contribution in [2.75, 3.05) is 19.8 Å². The van der Waals surface area contributed by atoms with Gasteiger partial charge in [0.2, 0.25) is 11.8 Å². The number of nitrogens with two attached hydrogens (primary N) is 2. The number of carbonyl (C=O) groups is 5. The molecule has 0 saturated carbocycles. The summed E-state index contributed by atoms with van der Waals surface area (Å²) in [5.41, 5.74) is 10.2. The Morgan fingerprint density at radius 1 is 1.23 bits per heavy atom. The second kappa shape index (κ2) is 11.5. The van der Waals surface area contributed by atoms with Crippen molar-refractivity contribution in [3.8, 4) is 0 Å². The predicted octanol–water partition coefficient (Wildman–Crippen LogP) is -6.69. The van der Waals surface area contributed by atoms with Gasteiger partial charge in [0, 0.05) is 6.54 Å². The average Bonchev–Trinajstić information content (AvgIpc) is 3.08. The Balaban J connectivity index is 2.12. The van der Waals surface area contributed by atoms with Crippen molar-refractivity contribution in [3.63, 3.8) is 0 Å². The van der Waals surface area contributed by atoms with Crippen LogP contribution in [0.25, 0.3) is 0 Å². The number of primary amides is 1. The minimum absolute atomic E-state index is 0.422. The van der Waals surface area contributed by atoms with E-state index in [1.54, 1.807) is 0 Å². The molecule has 0 aromatic carbocycles. The van der Waals surface area contributed by atoms with Gasteiger partial charge in [-0.3, -0.25) is 19.8 Å². The fourth-order valence-electron chi connectivity index (χ4n) is 3.46. The topological polar surface area (TPSA) is 305 Å². The Morgan fingerprint density at radius 2 is 1.86 bits per heavy atom. The Bertz CT molecular complexity index is 843. The number of aliphatic hydroxyl groups excluding tert-OH is 5. The largest absolute Gasteiger partial charge is 0.480 e. The SMILES string of the molecule is NC(=O)OCC(O)C(O)C(N)C(=O)NC(C(=O)O)C1OC(N2CC(CO)C(=O)NC2=O)C(O)C1O. The molecule has 2 heterocycles. The van der Waals surface area contributed by atoms with Crippen LogP contribution in [0.1, 0.15) is 0 Å². The molecule has 2 fully saturated rings. The molecule has 0 aromatic rings. The smallest absolute Gasteiger partial charge is 0.404 e. The average molecular weight is 509 g/mol. The molecule has 2 rings (SSSR count). The second-order valence-corrected chi connectivity index (χ2v) is 7.84. The van der Waals surface area contributed by atoms with Crippen LogP contribution in [0, 0.1) is 5.92 Å². The van der Waals surface area contributed by atoms with Crippen molar-refractivity contribution < 1.29 is 64.1 Å². The quantitative estimate of drug-likeness (QED) is 0.131. The number of carboxylic acids is 1. The van der Waals surface area contributed by atoms with Crippen molar-refractivity contribution in [2.45, 2.75) is 48.8 Å². The summed E-state index contributed by atoms with van der Waals surface area (Å²) in [5, 5.41) is 63.1. The van der Waals surface area contributed by atoms with E-state index in [1.807, 2.05) is 10.6 Å². The molecule has 0 bridgehead atoms. The van der Waals surface area contributed by atoms with Crippen molar-refractivity contribution in [1.82, 2.24) is 15.5 Å². The third kappa shape index (κ3) is 6.31. The van der Waals surface area contributed by atoms with Gasteiger partial charge in [0.25, 0.3) is 0 Å². The van der Waals surface area contributed by atoms with Crippen LogP contribution >= 0.6 is 0 Å². The van der Waals surface area contributed by atoms with Gasteiger partial charge in [-0.25, -0.2) is 14.4 Å². The number of carbonyl (C=O) groups excluding carboxylic acids is 4. The fraction of sp³-hybridized carbons (Fsp3) is 0.706. The predicted molar refractivity (Wildman–Crippen MR) is 107 cm³/mol. The maximum atomic E-state index is 12.4. The van der Waals surface area contributed by atoms with E-state index in [0.29, 0.717) is 0 Å². The zero-order valence-corrected chi connectivity index (χ0v) is 18.0. The van der Waals surface area contributed by atoms with Gasteiger partial charge in [-0.15, -0.1) is 0 Å². The second-order valence-electron chi connectivity index (χ2n) is 7.84. The lowest BCUT2D eigenvalue weighted by Crippen LogP contribution is -2.61. The number of nitrogens with one attached hydrogen (secondary N) is 2. The van der Waals surface area contributed by atoms with E-state index in [-0.39, 0.29) is 0 Å². The number of aliphatic carboxylic acids is 1. The lowest BCUT2D eigenvalue weighted by molar-refractivity contribution is -0.151. The fourth-order valence-corrected chi connectivity index (χ4v) is 3.46. The summed E-state index contributed by atoms with van der Waals surface area (Å²) in [5.74, 6) is -4.97. The highest BCUT2D eigenvalue weighted by atomic mass is 16.6. The van der Waals surface area contributed by atoms with E-state index in [0.717, 1.165) is 4.90 Å². The normalized spacial score (nSPS) is 30.1. The minimum Gasteiger partial charge on any atom is -0.480 e. The van der Waals surface area contributed by atoms with Gasteiger partial charge < -0.3 is 56.9 Å². The Kier molecular flexibility index (Phi) is 9.26. The minimum atomic E-state index is -2.07. The molecule has 12 N–H and O–H groups in total. The van der Waals surface area contributed by atoms with E-state index >= 15 is 0 Å². The monoisotopic (exact) mass is 509 g/mol. The maximum absolute atomic E-state index is 12.4. The Hall–Kier alpha value is -3.13. The first-order chi connectivity index (χ1) is 16.3. The van der Waals surface area contributed by atoms with Gasteiger partial charge in [-0.2, -0.15) is 0 Å². The first-order valence-corrected chi connectivity index (χ1v) is 10.1. The molecule has 2 aliphatic heterocycles. The van der Waals surface area contributed by atoms with E-state index < -0.39 is 104 Å². The molecule has 0 radical (unpaired) electrons. The van der Waals surface area contributed by atoms with Crippen LogP contribution in [0.5, 0.6) is 0 Å². The molecule has 2 saturated heterocycles.